The van der Waals surface area contributed by atoms with E-state index < -0.39 is 6.17 Å². The van der Waals surface area contributed by atoms with Gasteiger partial charge < -0.3 is 17.2 Å². The summed E-state index contributed by atoms with van der Waals surface area (Å²) in [5.74, 6) is 0.284. The van der Waals surface area contributed by atoms with E-state index in [4.69, 9.17) is 28.8 Å². The molecular formula is C16H25ClN5P. The monoisotopic (exact) mass is 353 g/mol. The van der Waals surface area contributed by atoms with Crippen LogP contribution in [0.25, 0.3) is 0 Å². The maximum absolute atomic E-state index is 5.88. The fourth-order valence-corrected chi connectivity index (χ4v) is 2.26. The fourth-order valence-electron chi connectivity index (χ4n) is 2.00. The molecule has 0 aliphatic carbocycles. The highest BCUT2D eigenvalue weighted by Crippen LogP contribution is 2.12. The highest BCUT2D eigenvalue weighted by Gasteiger charge is 2.11. The van der Waals surface area contributed by atoms with Crippen LogP contribution in [0.1, 0.15) is 11.1 Å². The molecule has 5 nitrogen and oxygen atoms in total. The standard InChI is InChI=1S/C16H25ClN5P/c1-10-5-3-4-6-13(10)7-12(8-18)9-21-16(23)11(2)22-14(17)15(19)20/h3-6,12,15,21,23H,2,7-9,18-20H2,1H3/b22-14+/t12-/m0/s1. The van der Waals surface area contributed by atoms with Crippen molar-refractivity contribution in [2.45, 2.75) is 19.5 Å². The molecule has 23 heavy (non-hydrogen) atoms. The number of halogens is 1. The Labute approximate surface area is 145 Å². The summed E-state index contributed by atoms with van der Waals surface area (Å²) >= 11 is 5.83. The van der Waals surface area contributed by atoms with Gasteiger partial charge in [0.25, 0.3) is 0 Å². The molecule has 1 aromatic carbocycles. The van der Waals surface area contributed by atoms with Crippen LogP contribution in [0.5, 0.6) is 0 Å². The second-order valence-corrected chi connectivity index (χ2v) is 6.28. The molecule has 0 radical (unpaired) electrons. The van der Waals surface area contributed by atoms with Crippen molar-refractivity contribution >= 4 is 31.1 Å². The minimum atomic E-state index is -0.814. The van der Waals surface area contributed by atoms with Crippen molar-refractivity contribution in [1.82, 2.24) is 5.32 Å². The average molecular weight is 354 g/mol. The van der Waals surface area contributed by atoms with E-state index in [0.29, 0.717) is 24.2 Å². The minimum Gasteiger partial charge on any atom is -0.330 e. The molecule has 0 aliphatic rings. The van der Waals surface area contributed by atoms with Crippen LogP contribution >= 0.6 is 20.5 Å². The summed E-state index contributed by atoms with van der Waals surface area (Å²) in [6.07, 6.45) is 0.0885. The first-order valence-electron chi connectivity index (χ1n) is 7.36. The number of rotatable bonds is 9. The lowest BCUT2D eigenvalue weighted by Gasteiger charge is -2.18. The molecule has 1 atom stereocenters. The smallest absolute Gasteiger partial charge is 0.138 e. The summed E-state index contributed by atoms with van der Waals surface area (Å²) < 4.78 is 0. The van der Waals surface area contributed by atoms with Gasteiger partial charge in [-0.2, -0.15) is 0 Å². The second kappa shape index (κ2) is 9.93. The Balaban J connectivity index is 2.57. The van der Waals surface area contributed by atoms with Gasteiger partial charge in [0.2, 0.25) is 0 Å². The summed E-state index contributed by atoms with van der Waals surface area (Å²) in [6.45, 7) is 7.18. The summed E-state index contributed by atoms with van der Waals surface area (Å²) in [5.41, 5.74) is 20.4. The van der Waals surface area contributed by atoms with Gasteiger partial charge in [-0.25, -0.2) is 4.99 Å². The van der Waals surface area contributed by atoms with E-state index in [1.807, 2.05) is 12.1 Å². The van der Waals surface area contributed by atoms with Crippen molar-refractivity contribution < 1.29 is 0 Å². The van der Waals surface area contributed by atoms with Gasteiger partial charge in [0.1, 0.15) is 11.3 Å². The number of nitrogens with zero attached hydrogens (tertiary/aromatic N) is 1. The first-order chi connectivity index (χ1) is 10.8. The highest BCUT2D eigenvalue weighted by atomic mass is 35.5. The number of hydrogen-bond donors (Lipinski definition) is 4. The molecule has 0 heterocycles. The molecule has 7 heteroatoms. The topological polar surface area (TPSA) is 102 Å². The number of benzene rings is 1. The third-order valence-corrected chi connectivity index (χ3v) is 4.28. The molecule has 0 amide bonds. The number of aliphatic imine (C=N–C) groups is 1. The lowest BCUT2D eigenvalue weighted by Crippen LogP contribution is -2.37. The van der Waals surface area contributed by atoms with E-state index in [9.17, 15) is 0 Å². The average Bonchev–Trinajstić information content (AvgIpc) is 2.52. The van der Waals surface area contributed by atoms with Crippen molar-refractivity contribution in [3.63, 3.8) is 0 Å². The van der Waals surface area contributed by atoms with Gasteiger partial charge in [0, 0.05) is 6.54 Å². The normalized spacial score (nSPS) is 13.2. The summed E-state index contributed by atoms with van der Waals surface area (Å²) in [6, 6.07) is 8.31. The lowest BCUT2D eigenvalue weighted by atomic mass is 9.96. The maximum Gasteiger partial charge on any atom is 0.138 e. The zero-order valence-corrected chi connectivity index (χ0v) is 15.1. The van der Waals surface area contributed by atoms with Crippen LogP contribution in [0, 0.1) is 12.8 Å². The number of nitrogens with two attached hydrogens (primary N) is 3. The molecular weight excluding hydrogens is 329 g/mol. The van der Waals surface area contributed by atoms with E-state index >= 15 is 0 Å². The molecule has 0 spiro atoms. The van der Waals surface area contributed by atoms with Crippen molar-refractivity contribution in [3.8, 4) is 0 Å². The third kappa shape index (κ3) is 6.92. The van der Waals surface area contributed by atoms with Crippen LogP contribution in [0.3, 0.4) is 0 Å². The van der Waals surface area contributed by atoms with Gasteiger partial charge in [0.15, 0.2) is 0 Å². The minimum absolute atomic E-state index is 0.0998. The summed E-state index contributed by atoms with van der Waals surface area (Å²) in [5, 5.41) is 3.32. The zero-order valence-electron chi connectivity index (χ0n) is 13.3. The number of aryl methyl sites for hydroxylation is 1. The van der Waals surface area contributed by atoms with Gasteiger partial charge in [-0.15, -0.1) is 0 Å². The molecule has 1 rings (SSSR count). The Morgan fingerprint density at radius 3 is 2.61 bits per heavy atom. The molecule has 0 fully saturated rings. The predicted octanol–water partition coefficient (Wildman–Crippen LogP) is 1.37. The molecule has 126 valence electrons. The van der Waals surface area contributed by atoms with Crippen LogP contribution in [-0.2, 0) is 6.42 Å². The molecule has 0 unspecified atom stereocenters. The molecule has 0 saturated heterocycles. The number of hydrogen-bond acceptors (Lipinski definition) is 4. The Morgan fingerprint density at radius 2 is 2.04 bits per heavy atom. The van der Waals surface area contributed by atoms with E-state index in [0.717, 1.165) is 6.42 Å². The maximum atomic E-state index is 5.88. The quantitative estimate of drug-likeness (QED) is 0.306. The van der Waals surface area contributed by atoms with Crippen molar-refractivity contribution in [2.75, 3.05) is 13.1 Å². The van der Waals surface area contributed by atoms with Gasteiger partial charge in [-0.3, -0.25) is 5.32 Å². The van der Waals surface area contributed by atoms with Crippen LogP contribution in [0.4, 0.5) is 0 Å². The molecule has 1 aromatic rings. The third-order valence-electron chi connectivity index (χ3n) is 3.48. The van der Waals surface area contributed by atoms with Crippen molar-refractivity contribution in [2.24, 2.45) is 28.1 Å². The van der Waals surface area contributed by atoms with Crippen LogP contribution < -0.4 is 22.5 Å². The Hall–Kier alpha value is -1.07. The molecule has 0 aliphatic heterocycles. The highest BCUT2D eigenvalue weighted by molar-refractivity contribution is 7.21. The van der Waals surface area contributed by atoms with E-state index in [2.05, 4.69) is 44.8 Å². The Morgan fingerprint density at radius 1 is 1.39 bits per heavy atom. The van der Waals surface area contributed by atoms with E-state index in [-0.39, 0.29) is 11.1 Å². The Bertz CT molecular complexity index is 586. The molecule has 0 saturated carbocycles. The molecule has 7 N–H and O–H groups in total. The largest absolute Gasteiger partial charge is 0.330 e. The van der Waals surface area contributed by atoms with Crippen LogP contribution in [0.2, 0.25) is 0 Å². The van der Waals surface area contributed by atoms with Gasteiger partial charge in [-0.05, 0) is 36.9 Å². The van der Waals surface area contributed by atoms with Gasteiger partial charge >= 0.3 is 0 Å². The second-order valence-electron chi connectivity index (χ2n) is 5.40. The molecule has 0 aromatic heterocycles. The van der Waals surface area contributed by atoms with Gasteiger partial charge in [-0.1, -0.05) is 51.3 Å². The lowest BCUT2D eigenvalue weighted by molar-refractivity contribution is 0.524. The molecule has 0 bridgehead atoms. The van der Waals surface area contributed by atoms with Crippen LogP contribution in [0.15, 0.2) is 41.5 Å². The fraction of sp³-hybridized carbons (Fsp3) is 0.375. The van der Waals surface area contributed by atoms with Gasteiger partial charge in [0.05, 0.1) is 11.1 Å². The Kier molecular flexibility index (Phi) is 8.63. The van der Waals surface area contributed by atoms with E-state index in [1.54, 1.807) is 0 Å². The summed E-state index contributed by atoms with van der Waals surface area (Å²) in [4.78, 5) is 4.04. The van der Waals surface area contributed by atoms with E-state index in [1.165, 1.54) is 11.1 Å². The predicted molar refractivity (Wildman–Crippen MR) is 103 cm³/mol. The summed E-state index contributed by atoms with van der Waals surface area (Å²) in [7, 11) is 3.45. The van der Waals surface area contributed by atoms with Crippen LogP contribution in [-0.4, -0.2) is 29.8 Å². The first-order valence-corrected chi connectivity index (χ1v) is 8.24. The van der Waals surface area contributed by atoms with Crippen molar-refractivity contribution in [3.05, 3.63) is 47.7 Å². The zero-order chi connectivity index (χ0) is 17.4. The van der Waals surface area contributed by atoms with Crippen molar-refractivity contribution in [1.29, 1.82) is 0 Å². The SMILES string of the molecule is C=C(/N=C(/Cl)C(N)N)C(=P)NC[C@H](CN)Cc1ccccc1C. The first kappa shape index (κ1) is 20.0. The number of nitrogens with one attached hydrogen (secondary N) is 1.